The number of carboxylic acid groups (broad SMARTS) is 1. The minimum absolute atomic E-state index is 0.0606. The van der Waals surface area contributed by atoms with Crippen LogP contribution in [0.3, 0.4) is 0 Å². The fraction of sp³-hybridized carbons (Fsp3) is 0.267. The first kappa shape index (κ1) is 16.4. The largest absolute Gasteiger partial charge is 0.480 e. The van der Waals surface area contributed by atoms with Gasteiger partial charge in [0.15, 0.2) is 5.78 Å². The molecule has 2 N–H and O–H groups in total. The van der Waals surface area contributed by atoms with Crippen molar-refractivity contribution in [1.82, 2.24) is 4.90 Å². The number of hydrogen-bond donors (Lipinski definition) is 2. The number of rotatable bonds is 7. The molecule has 6 heteroatoms. The molecule has 0 fully saturated rings. The van der Waals surface area contributed by atoms with Gasteiger partial charge in [0.05, 0.1) is 19.6 Å². The van der Waals surface area contributed by atoms with Gasteiger partial charge in [0.2, 0.25) is 5.91 Å². The Labute approximate surface area is 122 Å². The number of carboxylic acids is 1. The minimum Gasteiger partial charge on any atom is -0.480 e. The van der Waals surface area contributed by atoms with Gasteiger partial charge in [-0.3, -0.25) is 19.3 Å². The molecular formula is C15H16N2O4. The van der Waals surface area contributed by atoms with Gasteiger partial charge in [-0.25, -0.2) is 0 Å². The summed E-state index contributed by atoms with van der Waals surface area (Å²) in [4.78, 5) is 34.9. The van der Waals surface area contributed by atoms with Crippen LogP contribution in [-0.4, -0.2) is 47.3 Å². The molecule has 0 saturated carbocycles. The van der Waals surface area contributed by atoms with Crippen LogP contribution in [0.2, 0.25) is 0 Å². The molecule has 21 heavy (non-hydrogen) atoms. The predicted octanol–water partition coefficient (Wildman–Crippen LogP) is 0.847. The van der Waals surface area contributed by atoms with E-state index in [1.54, 1.807) is 24.3 Å². The molecule has 0 spiro atoms. The van der Waals surface area contributed by atoms with Gasteiger partial charge in [0, 0.05) is 11.3 Å². The first-order valence-electron chi connectivity index (χ1n) is 6.21. The number of Topliss-reactive ketones (excluding diaryl/α,β-unsaturated/α-hetero) is 1. The standard InChI is InChI=1S/C15H16N2O4/c1-3-8-17(10-15(20)21)9-14(19)16-13-6-4-12(5-7-13)11(2)18/h1,4-7H,8-10H2,2H3,(H,16,19)(H,20,21). The number of carbonyl (C=O) groups excluding carboxylic acids is 2. The molecule has 0 aromatic heterocycles. The van der Waals surface area contributed by atoms with Crippen molar-refractivity contribution in [3.05, 3.63) is 29.8 Å². The van der Waals surface area contributed by atoms with Crippen LogP contribution in [0, 0.1) is 12.3 Å². The van der Waals surface area contributed by atoms with Crippen molar-refractivity contribution in [3.8, 4) is 12.3 Å². The van der Waals surface area contributed by atoms with Crippen LogP contribution in [0.4, 0.5) is 5.69 Å². The van der Waals surface area contributed by atoms with Crippen molar-refractivity contribution in [1.29, 1.82) is 0 Å². The van der Waals surface area contributed by atoms with Crippen molar-refractivity contribution in [2.24, 2.45) is 0 Å². The number of anilines is 1. The summed E-state index contributed by atoms with van der Waals surface area (Å²) in [6, 6.07) is 6.43. The highest BCUT2D eigenvalue weighted by molar-refractivity contribution is 5.96. The maximum atomic E-state index is 11.8. The molecule has 0 heterocycles. The first-order valence-corrected chi connectivity index (χ1v) is 6.21. The lowest BCUT2D eigenvalue weighted by molar-refractivity contribution is -0.138. The van der Waals surface area contributed by atoms with E-state index in [0.29, 0.717) is 11.3 Å². The second kappa shape index (κ2) is 7.82. The molecule has 0 bridgehead atoms. The van der Waals surface area contributed by atoms with E-state index in [9.17, 15) is 14.4 Å². The van der Waals surface area contributed by atoms with Crippen molar-refractivity contribution >= 4 is 23.3 Å². The topological polar surface area (TPSA) is 86.7 Å². The fourth-order valence-electron chi connectivity index (χ4n) is 1.68. The lowest BCUT2D eigenvalue weighted by Crippen LogP contribution is -2.37. The molecule has 0 radical (unpaired) electrons. The highest BCUT2D eigenvalue weighted by Gasteiger charge is 2.13. The van der Waals surface area contributed by atoms with Gasteiger partial charge in [0.1, 0.15) is 0 Å². The van der Waals surface area contributed by atoms with Gasteiger partial charge >= 0.3 is 5.97 Å². The third kappa shape index (κ3) is 5.89. The molecule has 0 aliphatic rings. The maximum Gasteiger partial charge on any atom is 0.317 e. The van der Waals surface area contributed by atoms with Gasteiger partial charge in [-0.05, 0) is 31.2 Å². The molecule has 0 saturated heterocycles. The van der Waals surface area contributed by atoms with Crippen LogP contribution in [-0.2, 0) is 9.59 Å². The zero-order chi connectivity index (χ0) is 15.8. The van der Waals surface area contributed by atoms with Crippen molar-refractivity contribution < 1.29 is 19.5 Å². The van der Waals surface area contributed by atoms with Gasteiger partial charge in [-0.1, -0.05) is 5.92 Å². The summed E-state index contributed by atoms with van der Waals surface area (Å²) in [6.45, 7) is 1.10. The minimum atomic E-state index is -1.05. The molecular weight excluding hydrogens is 272 g/mol. The number of amides is 1. The van der Waals surface area contributed by atoms with Crippen LogP contribution in [0.5, 0.6) is 0 Å². The molecule has 1 aromatic rings. The van der Waals surface area contributed by atoms with E-state index in [-0.39, 0.29) is 31.3 Å². The zero-order valence-electron chi connectivity index (χ0n) is 11.6. The van der Waals surface area contributed by atoms with E-state index in [0.717, 1.165) is 0 Å². The normalized spacial score (nSPS) is 9.95. The fourth-order valence-corrected chi connectivity index (χ4v) is 1.68. The van der Waals surface area contributed by atoms with Crippen molar-refractivity contribution in [2.75, 3.05) is 25.0 Å². The van der Waals surface area contributed by atoms with E-state index in [2.05, 4.69) is 11.2 Å². The summed E-state index contributed by atoms with van der Waals surface area (Å²) in [5.74, 6) is 0.822. The van der Waals surface area contributed by atoms with E-state index >= 15 is 0 Å². The zero-order valence-corrected chi connectivity index (χ0v) is 11.6. The van der Waals surface area contributed by atoms with Crippen molar-refractivity contribution in [2.45, 2.75) is 6.92 Å². The average Bonchev–Trinajstić information content (AvgIpc) is 2.38. The number of ketones is 1. The summed E-state index contributed by atoms with van der Waals surface area (Å²) < 4.78 is 0. The number of benzene rings is 1. The summed E-state index contributed by atoms with van der Waals surface area (Å²) in [7, 11) is 0. The lowest BCUT2D eigenvalue weighted by atomic mass is 10.1. The highest BCUT2D eigenvalue weighted by Crippen LogP contribution is 2.10. The van der Waals surface area contributed by atoms with E-state index < -0.39 is 5.97 Å². The average molecular weight is 288 g/mol. The van der Waals surface area contributed by atoms with Crippen LogP contribution < -0.4 is 5.32 Å². The Bertz CT molecular complexity index is 572. The summed E-state index contributed by atoms with van der Waals surface area (Å²) in [5, 5.41) is 11.3. The number of aliphatic carboxylic acids is 1. The Morgan fingerprint density at radius 2 is 1.86 bits per heavy atom. The maximum absolute atomic E-state index is 11.8. The molecule has 1 rings (SSSR count). The SMILES string of the molecule is C#CCN(CC(=O)O)CC(=O)Nc1ccc(C(C)=O)cc1. The Balaban J connectivity index is 2.61. The number of nitrogens with zero attached hydrogens (tertiary/aromatic N) is 1. The van der Waals surface area contributed by atoms with Gasteiger partial charge in [-0.2, -0.15) is 0 Å². The number of terminal acetylenes is 1. The quantitative estimate of drug-likeness (QED) is 0.573. The van der Waals surface area contributed by atoms with Crippen LogP contribution >= 0.6 is 0 Å². The van der Waals surface area contributed by atoms with Crippen LogP contribution in [0.15, 0.2) is 24.3 Å². The third-order valence-corrected chi connectivity index (χ3v) is 2.62. The van der Waals surface area contributed by atoms with Crippen LogP contribution in [0.25, 0.3) is 0 Å². The van der Waals surface area contributed by atoms with Gasteiger partial charge < -0.3 is 10.4 Å². The molecule has 6 nitrogen and oxygen atoms in total. The molecule has 0 atom stereocenters. The first-order chi connectivity index (χ1) is 9.92. The van der Waals surface area contributed by atoms with E-state index in [1.165, 1.54) is 11.8 Å². The van der Waals surface area contributed by atoms with Crippen molar-refractivity contribution in [3.63, 3.8) is 0 Å². The van der Waals surface area contributed by atoms with E-state index in [4.69, 9.17) is 11.5 Å². The third-order valence-electron chi connectivity index (χ3n) is 2.62. The smallest absolute Gasteiger partial charge is 0.317 e. The second-order valence-corrected chi connectivity index (χ2v) is 4.42. The summed E-state index contributed by atoms with van der Waals surface area (Å²) in [5.41, 5.74) is 1.08. The summed E-state index contributed by atoms with van der Waals surface area (Å²) in [6.07, 6.45) is 5.13. The molecule has 1 aromatic carbocycles. The van der Waals surface area contributed by atoms with Crippen LogP contribution in [0.1, 0.15) is 17.3 Å². The second-order valence-electron chi connectivity index (χ2n) is 4.42. The molecule has 110 valence electrons. The number of nitrogens with one attached hydrogen (secondary N) is 1. The Kier molecular flexibility index (Phi) is 6.11. The predicted molar refractivity (Wildman–Crippen MR) is 78.0 cm³/mol. The molecule has 0 unspecified atom stereocenters. The Hall–Kier alpha value is -2.65. The molecule has 0 aliphatic carbocycles. The Morgan fingerprint density at radius 3 is 2.33 bits per heavy atom. The lowest BCUT2D eigenvalue weighted by Gasteiger charge is -2.16. The molecule has 0 aliphatic heterocycles. The highest BCUT2D eigenvalue weighted by atomic mass is 16.4. The van der Waals surface area contributed by atoms with Gasteiger partial charge in [0.25, 0.3) is 0 Å². The molecule has 1 amide bonds. The summed E-state index contributed by atoms with van der Waals surface area (Å²) >= 11 is 0. The number of hydrogen-bond acceptors (Lipinski definition) is 4. The monoisotopic (exact) mass is 288 g/mol. The number of carbonyl (C=O) groups is 3. The Morgan fingerprint density at radius 1 is 1.24 bits per heavy atom. The van der Waals surface area contributed by atoms with Gasteiger partial charge in [-0.15, -0.1) is 6.42 Å². The van der Waals surface area contributed by atoms with E-state index in [1.807, 2.05) is 0 Å².